The molecule has 0 saturated carbocycles. The second-order valence-electron chi connectivity index (χ2n) is 8.22. The van der Waals surface area contributed by atoms with Crippen molar-refractivity contribution < 1.29 is 9.47 Å². The number of nitrogens with one attached hydrogen (secondary N) is 1. The van der Waals surface area contributed by atoms with Crippen LogP contribution in [0.5, 0.6) is 11.5 Å². The molecule has 1 atom stereocenters. The van der Waals surface area contributed by atoms with Crippen molar-refractivity contribution in [2.24, 2.45) is 7.05 Å². The molecule has 0 aliphatic carbocycles. The Labute approximate surface area is 172 Å². The molecule has 5 rings (SSSR count). The Morgan fingerprint density at radius 3 is 2.79 bits per heavy atom. The van der Waals surface area contributed by atoms with Crippen LogP contribution in [0.4, 0.5) is 0 Å². The molecule has 0 bridgehead atoms. The normalized spacial score (nSPS) is 21.6. The lowest BCUT2D eigenvalue weighted by Gasteiger charge is -2.36. The lowest BCUT2D eigenvalue weighted by molar-refractivity contribution is 0.216. The first kappa shape index (κ1) is 18.5. The minimum Gasteiger partial charge on any atom is -0.497 e. The van der Waals surface area contributed by atoms with Crippen LogP contribution >= 0.6 is 0 Å². The summed E-state index contributed by atoms with van der Waals surface area (Å²) < 4.78 is 13.8. The highest BCUT2D eigenvalue weighted by molar-refractivity contribution is 5.87. The quantitative estimate of drug-likeness (QED) is 0.724. The Balaban J connectivity index is 1.37. The molecule has 0 amide bonds. The highest BCUT2D eigenvalue weighted by atomic mass is 16.5. The van der Waals surface area contributed by atoms with Gasteiger partial charge < -0.3 is 19.4 Å². The Hall–Kier alpha value is -2.50. The molecule has 1 spiro atoms. The topological polar surface area (TPSA) is 38.7 Å². The van der Waals surface area contributed by atoms with Crippen LogP contribution in [-0.4, -0.2) is 49.4 Å². The van der Waals surface area contributed by atoms with Crippen LogP contribution in [0.25, 0.3) is 10.9 Å². The molecule has 152 valence electrons. The van der Waals surface area contributed by atoms with Crippen LogP contribution in [-0.2, 0) is 19.0 Å². The molecule has 1 fully saturated rings. The van der Waals surface area contributed by atoms with Gasteiger partial charge in [0.2, 0.25) is 0 Å². The first-order valence-electron chi connectivity index (χ1n) is 10.5. The molecular weight excluding hydrogens is 362 g/mol. The number of nitrogens with zero attached hydrogens (tertiary/aromatic N) is 2. The van der Waals surface area contributed by atoms with Gasteiger partial charge in [0.15, 0.2) is 0 Å². The van der Waals surface area contributed by atoms with Gasteiger partial charge in [0.05, 0.1) is 12.6 Å². The molecule has 2 aliphatic heterocycles. The van der Waals surface area contributed by atoms with Gasteiger partial charge in [0.25, 0.3) is 0 Å². The van der Waals surface area contributed by atoms with Crippen molar-refractivity contribution in [3.8, 4) is 11.5 Å². The summed E-state index contributed by atoms with van der Waals surface area (Å²) in [6, 6.07) is 16.5. The van der Waals surface area contributed by atoms with E-state index in [1.54, 1.807) is 7.11 Å². The van der Waals surface area contributed by atoms with Gasteiger partial charge in [-0.15, -0.1) is 0 Å². The molecule has 1 saturated heterocycles. The number of hydrogen-bond acceptors (Lipinski definition) is 4. The van der Waals surface area contributed by atoms with Gasteiger partial charge >= 0.3 is 0 Å². The maximum Gasteiger partial charge on any atom is 0.119 e. The summed E-state index contributed by atoms with van der Waals surface area (Å²) in [4.78, 5) is 2.53. The second-order valence-corrected chi connectivity index (χ2v) is 8.22. The number of para-hydroxylation sites is 1. The fourth-order valence-electron chi connectivity index (χ4n) is 5.23. The summed E-state index contributed by atoms with van der Waals surface area (Å²) in [7, 11) is 3.95. The van der Waals surface area contributed by atoms with E-state index in [1.165, 1.54) is 22.2 Å². The van der Waals surface area contributed by atoms with Crippen molar-refractivity contribution >= 4 is 10.9 Å². The lowest BCUT2D eigenvalue weighted by Crippen LogP contribution is -2.50. The summed E-state index contributed by atoms with van der Waals surface area (Å²) in [5, 5.41) is 5.23. The maximum atomic E-state index is 5.93. The molecule has 2 aromatic carbocycles. The Bertz CT molecular complexity index is 1010. The Morgan fingerprint density at radius 1 is 1.10 bits per heavy atom. The zero-order chi connectivity index (χ0) is 19.8. The molecule has 1 unspecified atom stereocenters. The molecule has 0 radical (unpaired) electrons. The van der Waals surface area contributed by atoms with Gasteiger partial charge in [0.1, 0.15) is 18.1 Å². The number of ether oxygens (including phenoxy) is 2. The first-order valence-corrected chi connectivity index (χ1v) is 10.5. The lowest BCUT2D eigenvalue weighted by atomic mass is 9.86. The number of fused-ring (bicyclic) bond motifs is 4. The predicted octanol–water partition coefficient (Wildman–Crippen LogP) is 3.31. The minimum atomic E-state index is 0.0291. The van der Waals surface area contributed by atoms with Crippen LogP contribution in [0.1, 0.15) is 17.7 Å². The van der Waals surface area contributed by atoms with Crippen molar-refractivity contribution in [3.63, 3.8) is 0 Å². The van der Waals surface area contributed by atoms with Gasteiger partial charge in [0, 0.05) is 49.8 Å². The zero-order valence-electron chi connectivity index (χ0n) is 17.3. The van der Waals surface area contributed by atoms with Gasteiger partial charge in [-0.3, -0.25) is 4.90 Å². The maximum absolute atomic E-state index is 5.93. The first-order chi connectivity index (χ1) is 14.2. The van der Waals surface area contributed by atoms with E-state index in [0.717, 1.165) is 57.1 Å². The smallest absolute Gasteiger partial charge is 0.119 e. The van der Waals surface area contributed by atoms with Gasteiger partial charge in [-0.2, -0.15) is 0 Å². The van der Waals surface area contributed by atoms with Crippen LogP contribution < -0.4 is 14.8 Å². The molecule has 3 heterocycles. The standard InChI is InChI=1S/C24H29N3O2/c1-26-22-9-8-19(28-2)16-21(22)20-10-12-25-24(23(20)26)11-13-27(17-24)14-15-29-18-6-4-3-5-7-18/h3-9,16,25H,10-15,17H2,1-2H3. The van der Waals surface area contributed by atoms with E-state index in [1.807, 2.05) is 30.3 Å². The van der Waals surface area contributed by atoms with Crippen LogP contribution in [0, 0.1) is 0 Å². The highest BCUT2D eigenvalue weighted by Crippen LogP contribution is 2.41. The summed E-state index contributed by atoms with van der Waals surface area (Å²) in [6.07, 6.45) is 2.20. The van der Waals surface area contributed by atoms with Crippen molar-refractivity contribution in [3.05, 3.63) is 59.8 Å². The fourth-order valence-corrected chi connectivity index (χ4v) is 5.23. The molecular formula is C24H29N3O2. The monoisotopic (exact) mass is 391 g/mol. The second kappa shape index (κ2) is 7.39. The van der Waals surface area contributed by atoms with E-state index in [-0.39, 0.29) is 5.54 Å². The van der Waals surface area contributed by atoms with Crippen molar-refractivity contribution in [1.82, 2.24) is 14.8 Å². The average Bonchev–Trinajstić information content (AvgIpc) is 3.29. The summed E-state index contributed by atoms with van der Waals surface area (Å²) in [5.41, 5.74) is 4.27. The Morgan fingerprint density at radius 2 is 1.97 bits per heavy atom. The summed E-state index contributed by atoms with van der Waals surface area (Å²) in [6.45, 7) is 4.82. The van der Waals surface area contributed by atoms with Crippen molar-refractivity contribution in [1.29, 1.82) is 0 Å². The minimum absolute atomic E-state index is 0.0291. The number of aromatic nitrogens is 1. The van der Waals surface area contributed by atoms with E-state index in [2.05, 4.69) is 40.0 Å². The van der Waals surface area contributed by atoms with Crippen molar-refractivity contribution in [2.75, 3.05) is 39.9 Å². The van der Waals surface area contributed by atoms with Crippen LogP contribution in [0.15, 0.2) is 48.5 Å². The van der Waals surface area contributed by atoms with Crippen molar-refractivity contribution in [2.45, 2.75) is 18.4 Å². The molecule has 1 N–H and O–H groups in total. The van der Waals surface area contributed by atoms with Gasteiger partial charge in [-0.25, -0.2) is 0 Å². The SMILES string of the molecule is COc1ccc2c(c1)c1c(n2C)C2(CCN(CCOc3ccccc3)C2)NCC1. The third-order valence-electron chi connectivity index (χ3n) is 6.57. The summed E-state index contributed by atoms with van der Waals surface area (Å²) >= 11 is 0. The Kier molecular flexibility index (Phi) is 4.72. The van der Waals surface area contributed by atoms with Crippen LogP contribution in [0.2, 0.25) is 0 Å². The van der Waals surface area contributed by atoms with E-state index in [0.29, 0.717) is 0 Å². The number of rotatable bonds is 5. The van der Waals surface area contributed by atoms with Gasteiger partial charge in [-0.1, -0.05) is 18.2 Å². The molecule has 5 heteroatoms. The number of hydrogen-bond donors (Lipinski definition) is 1. The molecule has 29 heavy (non-hydrogen) atoms. The third kappa shape index (κ3) is 3.18. The van der Waals surface area contributed by atoms with E-state index in [9.17, 15) is 0 Å². The largest absolute Gasteiger partial charge is 0.497 e. The highest BCUT2D eigenvalue weighted by Gasteiger charge is 2.45. The van der Waals surface area contributed by atoms with E-state index in [4.69, 9.17) is 9.47 Å². The number of benzene rings is 2. The average molecular weight is 392 g/mol. The number of methoxy groups -OCH3 is 1. The fraction of sp³-hybridized carbons (Fsp3) is 0.417. The van der Waals surface area contributed by atoms with E-state index >= 15 is 0 Å². The summed E-state index contributed by atoms with van der Waals surface area (Å²) in [5.74, 6) is 1.88. The molecule has 5 nitrogen and oxygen atoms in total. The molecule has 1 aromatic heterocycles. The number of likely N-dealkylation sites (tertiary alicyclic amines) is 1. The zero-order valence-corrected chi connectivity index (χ0v) is 17.3. The predicted molar refractivity (Wildman–Crippen MR) is 116 cm³/mol. The molecule has 2 aliphatic rings. The van der Waals surface area contributed by atoms with Crippen LogP contribution in [0.3, 0.4) is 0 Å². The van der Waals surface area contributed by atoms with E-state index < -0.39 is 0 Å². The third-order valence-corrected chi connectivity index (χ3v) is 6.57. The molecule has 3 aromatic rings. The number of aryl methyl sites for hydroxylation is 1. The van der Waals surface area contributed by atoms with Gasteiger partial charge in [-0.05, 0) is 48.7 Å².